The molecule has 0 spiro atoms. The highest BCUT2D eigenvalue weighted by atomic mass is 35.5. The van der Waals surface area contributed by atoms with Gasteiger partial charge in [-0.3, -0.25) is 9.69 Å². The van der Waals surface area contributed by atoms with Crippen LogP contribution in [0.2, 0.25) is 5.02 Å². The molecule has 2 atom stereocenters. The first-order valence-electron chi connectivity index (χ1n) is 10.8. The predicted molar refractivity (Wildman–Crippen MR) is 122 cm³/mol. The van der Waals surface area contributed by atoms with Crippen LogP contribution in [0.5, 0.6) is 5.75 Å². The van der Waals surface area contributed by atoms with Gasteiger partial charge in [0.15, 0.2) is 0 Å². The van der Waals surface area contributed by atoms with Crippen LogP contribution in [-0.2, 0) is 11.3 Å². The Balaban J connectivity index is 1.34. The number of benzene rings is 2. The van der Waals surface area contributed by atoms with Crippen LogP contribution in [0.1, 0.15) is 37.3 Å². The van der Waals surface area contributed by atoms with E-state index < -0.39 is 0 Å². The number of rotatable bonds is 7. The van der Waals surface area contributed by atoms with Gasteiger partial charge in [0.05, 0.1) is 30.6 Å². The summed E-state index contributed by atoms with van der Waals surface area (Å²) in [6.45, 7) is 4.05. The lowest BCUT2D eigenvalue weighted by Gasteiger charge is -2.31. The summed E-state index contributed by atoms with van der Waals surface area (Å²) in [5.41, 5.74) is 1.79. The normalized spacial score (nSPS) is 17.7. The molecule has 2 unspecified atom stereocenters. The number of ether oxygens (including phenoxy) is 1. The molecule has 168 valence electrons. The summed E-state index contributed by atoms with van der Waals surface area (Å²) in [6, 6.07) is 15.1. The average molecular weight is 455 g/mol. The minimum Gasteiger partial charge on any atom is -0.497 e. The molecule has 2 aromatic carbocycles. The van der Waals surface area contributed by atoms with E-state index in [2.05, 4.69) is 20.4 Å². The summed E-state index contributed by atoms with van der Waals surface area (Å²) in [5.74, 6) is 1.79. The molecule has 32 heavy (non-hydrogen) atoms. The monoisotopic (exact) mass is 454 g/mol. The Labute approximate surface area is 192 Å². The average Bonchev–Trinajstić information content (AvgIpc) is 3.27. The van der Waals surface area contributed by atoms with E-state index in [0.717, 1.165) is 36.3 Å². The van der Waals surface area contributed by atoms with Crippen molar-refractivity contribution in [3.05, 3.63) is 65.0 Å². The van der Waals surface area contributed by atoms with Crippen molar-refractivity contribution in [1.82, 2.24) is 20.4 Å². The first-order chi connectivity index (χ1) is 15.5. The number of aromatic nitrogens is 2. The molecule has 1 aliphatic rings. The van der Waals surface area contributed by atoms with Gasteiger partial charge in [-0.1, -0.05) is 41.0 Å². The summed E-state index contributed by atoms with van der Waals surface area (Å²) < 4.78 is 10.6. The lowest BCUT2D eigenvalue weighted by Crippen LogP contribution is -2.43. The molecule has 0 aliphatic carbocycles. The highest BCUT2D eigenvalue weighted by Gasteiger charge is 2.28. The van der Waals surface area contributed by atoms with Gasteiger partial charge in [-0.25, -0.2) is 0 Å². The number of hydrogen-bond acceptors (Lipinski definition) is 6. The van der Waals surface area contributed by atoms with E-state index in [-0.39, 0.29) is 17.9 Å². The molecule has 4 rings (SSSR count). The number of likely N-dealkylation sites (tertiary alicyclic amines) is 1. The van der Waals surface area contributed by atoms with Crippen LogP contribution >= 0.6 is 11.6 Å². The first kappa shape index (κ1) is 22.3. The van der Waals surface area contributed by atoms with Gasteiger partial charge in [0.1, 0.15) is 5.75 Å². The first-order valence-corrected chi connectivity index (χ1v) is 11.2. The maximum absolute atomic E-state index is 12.9. The van der Waals surface area contributed by atoms with Crippen molar-refractivity contribution >= 4 is 17.5 Å². The Hall–Kier alpha value is -2.90. The topological polar surface area (TPSA) is 80.5 Å². The van der Waals surface area contributed by atoms with Crippen LogP contribution in [0.15, 0.2) is 53.1 Å². The highest BCUT2D eigenvalue weighted by molar-refractivity contribution is 6.33. The zero-order valence-electron chi connectivity index (χ0n) is 18.3. The molecule has 8 heteroatoms. The van der Waals surface area contributed by atoms with Crippen LogP contribution in [0.4, 0.5) is 0 Å². The second-order valence-electron chi connectivity index (χ2n) is 8.07. The number of halogens is 1. The number of hydrogen-bond donors (Lipinski definition) is 1. The van der Waals surface area contributed by atoms with E-state index in [1.165, 1.54) is 0 Å². The zero-order chi connectivity index (χ0) is 22.5. The van der Waals surface area contributed by atoms with Crippen molar-refractivity contribution in [3.8, 4) is 17.1 Å². The Morgan fingerprint density at radius 1 is 1.28 bits per heavy atom. The largest absolute Gasteiger partial charge is 0.497 e. The summed E-state index contributed by atoms with van der Waals surface area (Å²) in [7, 11) is 1.64. The number of nitrogens with zero attached hydrogens (tertiary/aromatic N) is 3. The Morgan fingerprint density at radius 3 is 2.81 bits per heavy atom. The van der Waals surface area contributed by atoms with Crippen molar-refractivity contribution in [2.24, 2.45) is 5.92 Å². The van der Waals surface area contributed by atoms with Gasteiger partial charge in [-0.2, -0.15) is 4.98 Å². The van der Waals surface area contributed by atoms with Gasteiger partial charge in [0.25, 0.3) is 0 Å². The van der Waals surface area contributed by atoms with Crippen LogP contribution in [-0.4, -0.2) is 41.1 Å². The minimum absolute atomic E-state index is 0.0697. The van der Waals surface area contributed by atoms with Crippen molar-refractivity contribution < 1.29 is 14.1 Å². The van der Waals surface area contributed by atoms with Crippen LogP contribution in [0.3, 0.4) is 0 Å². The van der Waals surface area contributed by atoms with Gasteiger partial charge in [-0.15, -0.1) is 0 Å². The van der Waals surface area contributed by atoms with Crippen molar-refractivity contribution in [2.75, 3.05) is 20.2 Å². The number of carbonyl (C=O) groups is 1. The van der Waals surface area contributed by atoms with E-state index in [9.17, 15) is 4.79 Å². The molecule has 1 fully saturated rings. The van der Waals surface area contributed by atoms with Crippen LogP contribution in [0, 0.1) is 5.92 Å². The second-order valence-corrected chi connectivity index (χ2v) is 8.48. The number of nitrogens with one attached hydrogen (secondary N) is 1. The fourth-order valence-corrected chi connectivity index (χ4v) is 4.20. The summed E-state index contributed by atoms with van der Waals surface area (Å²) in [5, 5.41) is 7.80. The molecule has 1 saturated heterocycles. The standard InChI is InChI=1S/C24H27ClN4O3/c1-16(17-9-11-19(31-2)12-10-17)26-24(30)18-6-5-13-29(14-18)15-22-27-23(28-32-22)20-7-3-4-8-21(20)25/h3-4,7-12,16,18H,5-6,13-15H2,1-2H3,(H,26,30). The van der Waals surface area contributed by atoms with Crippen molar-refractivity contribution in [1.29, 1.82) is 0 Å². The van der Waals surface area contributed by atoms with E-state index in [1.807, 2.05) is 49.4 Å². The summed E-state index contributed by atoms with van der Waals surface area (Å²) >= 11 is 6.23. The molecule has 3 aromatic rings. The van der Waals surface area contributed by atoms with Gasteiger partial charge in [0.2, 0.25) is 17.6 Å². The van der Waals surface area contributed by atoms with Gasteiger partial charge < -0.3 is 14.6 Å². The van der Waals surface area contributed by atoms with E-state index in [4.69, 9.17) is 20.9 Å². The summed E-state index contributed by atoms with van der Waals surface area (Å²) in [6.07, 6.45) is 1.81. The van der Waals surface area contributed by atoms with Crippen LogP contribution < -0.4 is 10.1 Å². The van der Waals surface area contributed by atoms with Crippen LogP contribution in [0.25, 0.3) is 11.4 Å². The predicted octanol–water partition coefficient (Wildman–Crippen LogP) is 4.49. The Morgan fingerprint density at radius 2 is 2.06 bits per heavy atom. The zero-order valence-corrected chi connectivity index (χ0v) is 19.0. The maximum atomic E-state index is 12.9. The smallest absolute Gasteiger partial charge is 0.241 e. The van der Waals surface area contributed by atoms with E-state index >= 15 is 0 Å². The SMILES string of the molecule is COc1ccc(C(C)NC(=O)C2CCCN(Cc3nc(-c4ccccc4Cl)no3)C2)cc1. The lowest BCUT2D eigenvalue weighted by molar-refractivity contribution is -0.127. The third kappa shape index (κ3) is 5.29. The minimum atomic E-state index is -0.0737. The number of amides is 1. The molecular formula is C24H27ClN4O3. The van der Waals surface area contributed by atoms with E-state index in [0.29, 0.717) is 29.8 Å². The molecule has 1 amide bonds. The van der Waals surface area contributed by atoms with Gasteiger partial charge >= 0.3 is 0 Å². The van der Waals surface area contributed by atoms with Crippen molar-refractivity contribution in [3.63, 3.8) is 0 Å². The number of methoxy groups -OCH3 is 1. The van der Waals surface area contributed by atoms with E-state index in [1.54, 1.807) is 13.2 Å². The second kappa shape index (κ2) is 10.1. The number of piperidine rings is 1. The molecule has 0 saturated carbocycles. The molecule has 2 heterocycles. The Bertz CT molecular complexity index is 1050. The Kier molecular flexibility index (Phi) is 7.07. The third-order valence-corrected chi connectivity index (χ3v) is 6.12. The summed E-state index contributed by atoms with van der Waals surface area (Å²) in [4.78, 5) is 19.6. The van der Waals surface area contributed by atoms with Gasteiger partial charge in [0, 0.05) is 12.1 Å². The fourth-order valence-electron chi connectivity index (χ4n) is 3.98. The quantitative estimate of drug-likeness (QED) is 0.566. The van der Waals surface area contributed by atoms with Crippen molar-refractivity contribution in [2.45, 2.75) is 32.4 Å². The molecular weight excluding hydrogens is 428 g/mol. The highest BCUT2D eigenvalue weighted by Crippen LogP contribution is 2.26. The fraction of sp³-hybridized carbons (Fsp3) is 0.375. The lowest BCUT2D eigenvalue weighted by atomic mass is 9.96. The maximum Gasteiger partial charge on any atom is 0.241 e. The molecule has 1 N–H and O–H groups in total. The third-order valence-electron chi connectivity index (χ3n) is 5.79. The molecule has 1 aromatic heterocycles. The molecule has 0 radical (unpaired) electrons. The molecule has 1 aliphatic heterocycles. The molecule has 0 bridgehead atoms. The van der Waals surface area contributed by atoms with Gasteiger partial charge in [-0.05, 0) is 56.1 Å². The molecule has 7 nitrogen and oxygen atoms in total. The number of carbonyl (C=O) groups excluding carboxylic acids is 1.